The summed E-state index contributed by atoms with van der Waals surface area (Å²) in [5, 5.41) is 5.12. The van der Waals surface area contributed by atoms with E-state index in [1.807, 2.05) is 42.6 Å². The van der Waals surface area contributed by atoms with Gasteiger partial charge in [0, 0.05) is 38.5 Å². The Morgan fingerprint density at radius 3 is 2.78 bits per heavy atom. The summed E-state index contributed by atoms with van der Waals surface area (Å²) in [7, 11) is -2.05. The third-order valence-electron chi connectivity index (χ3n) is 6.69. The van der Waals surface area contributed by atoms with Crippen molar-refractivity contribution in [1.82, 2.24) is 18.9 Å². The molecular formula is C24H33N5O5S2. The van der Waals surface area contributed by atoms with Gasteiger partial charge in [-0.2, -0.15) is 17.0 Å². The molecule has 3 heterocycles. The van der Waals surface area contributed by atoms with Crippen molar-refractivity contribution in [3.05, 3.63) is 47.0 Å². The molecule has 1 aromatic heterocycles. The van der Waals surface area contributed by atoms with Crippen molar-refractivity contribution < 1.29 is 22.7 Å². The van der Waals surface area contributed by atoms with E-state index in [0.717, 1.165) is 17.7 Å². The van der Waals surface area contributed by atoms with E-state index in [1.54, 1.807) is 18.9 Å². The first-order valence-electron chi connectivity index (χ1n) is 12.2. The summed E-state index contributed by atoms with van der Waals surface area (Å²) >= 11 is 1.35. The molecule has 1 aromatic carbocycles. The standard InChI is InChI=1S/C24H33N5O5S2/c1-4-12-27(3)36(32,33)28-13-10-20-21(28)17(2)22(30)29(20)23-26-19(16-35-23)11-14-34-24(31)25-15-18-8-6-5-7-9-18/h5-9,16-17,20-21H,4,10-15H2,1-3H3,(H,25,31)/t17-,20-,21+/m0/s1. The van der Waals surface area contributed by atoms with Crippen LogP contribution in [0.1, 0.15) is 37.9 Å². The van der Waals surface area contributed by atoms with Gasteiger partial charge in [0.25, 0.3) is 10.2 Å². The largest absolute Gasteiger partial charge is 0.449 e. The fourth-order valence-corrected chi connectivity index (χ4v) is 7.53. The summed E-state index contributed by atoms with van der Waals surface area (Å²) in [5.41, 5.74) is 1.71. The Hall–Kier alpha value is -2.54. The predicted molar refractivity (Wildman–Crippen MR) is 138 cm³/mol. The minimum absolute atomic E-state index is 0.111. The second kappa shape index (κ2) is 11.2. The first-order valence-corrected chi connectivity index (χ1v) is 14.5. The molecule has 12 heteroatoms. The van der Waals surface area contributed by atoms with Gasteiger partial charge in [-0.05, 0) is 18.4 Å². The molecule has 2 aliphatic rings. The molecule has 0 saturated carbocycles. The van der Waals surface area contributed by atoms with Crippen LogP contribution < -0.4 is 10.2 Å². The summed E-state index contributed by atoms with van der Waals surface area (Å²) in [4.78, 5) is 31.4. The average Bonchev–Trinajstić information content (AvgIpc) is 3.56. The summed E-state index contributed by atoms with van der Waals surface area (Å²) in [6, 6.07) is 8.92. The van der Waals surface area contributed by atoms with Crippen LogP contribution in [0.2, 0.25) is 0 Å². The summed E-state index contributed by atoms with van der Waals surface area (Å²) in [6.07, 6.45) is 1.21. The van der Waals surface area contributed by atoms with Crippen LogP contribution in [0.4, 0.5) is 9.93 Å². The number of ether oxygens (including phenoxy) is 1. The van der Waals surface area contributed by atoms with Crippen LogP contribution in [0.15, 0.2) is 35.7 Å². The molecule has 2 fully saturated rings. The number of alkyl carbamates (subject to hydrolysis) is 1. The van der Waals surface area contributed by atoms with E-state index in [-0.39, 0.29) is 18.6 Å². The van der Waals surface area contributed by atoms with E-state index in [0.29, 0.717) is 37.6 Å². The summed E-state index contributed by atoms with van der Waals surface area (Å²) < 4.78 is 34.4. The van der Waals surface area contributed by atoms with E-state index in [4.69, 9.17) is 4.74 Å². The maximum Gasteiger partial charge on any atom is 0.407 e. The molecule has 0 bridgehead atoms. The van der Waals surface area contributed by atoms with Crippen LogP contribution in [-0.2, 0) is 32.7 Å². The van der Waals surface area contributed by atoms with Crippen LogP contribution in [0.25, 0.3) is 0 Å². The van der Waals surface area contributed by atoms with E-state index >= 15 is 0 Å². The van der Waals surface area contributed by atoms with Gasteiger partial charge in [-0.1, -0.05) is 44.2 Å². The molecule has 0 unspecified atom stereocenters. The van der Waals surface area contributed by atoms with Crippen molar-refractivity contribution in [2.24, 2.45) is 5.92 Å². The number of nitrogens with zero attached hydrogens (tertiary/aromatic N) is 4. The molecule has 36 heavy (non-hydrogen) atoms. The highest BCUT2D eigenvalue weighted by Gasteiger charge is 2.56. The highest BCUT2D eigenvalue weighted by Crippen LogP contribution is 2.41. The number of thiazole rings is 1. The SMILES string of the molecule is CCCN(C)S(=O)(=O)N1CC[C@H]2[C@H]1[C@H](C)C(=O)N2c1nc(CCOC(=O)NCc2ccccc2)cs1. The smallest absolute Gasteiger partial charge is 0.407 e. The molecule has 0 radical (unpaired) electrons. The van der Waals surface area contributed by atoms with E-state index in [9.17, 15) is 18.0 Å². The van der Waals surface area contributed by atoms with Crippen LogP contribution in [-0.4, -0.2) is 72.8 Å². The van der Waals surface area contributed by atoms with Crippen LogP contribution in [0.3, 0.4) is 0 Å². The lowest BCUT2D eigenvalue weighted by Crippen LogP contribution is -2.48. The van der Waals surface area contributed by atoms with Gasteiger partial charge in [-0.15, -0.1) is 11.3 Å². The number of fused-ring (bicyclic) bond motifs is 1. The highest BCUT2D eigenvalue weighted by atomic mass is 32.2. The molecular weight excluding hydrogens is 502 g/mol. The van der Waals surface area contributed by atoms with Gasteiger partial charge >= 0.3 is 6.09 Å². The maximum atomic E-state index is 13.2. The van der Waals surface area contributed by atoms with Crippen molar-refractivity contribution >= 4 is 38.7 Å². The topological polar surface area (TPSA) is 112 Å². The molecule has 3 atom stereocenters. The third kappa shape index (κ3) is 5.41. The van der Waals surface area contributed by atoms with Gasteiger partial charge in [0.2, 0.25) is 5.91 Å². The second-order valence-electron chi connectivity index (χ2n) is 9.13. The van der Waals surface area contributed by atoms with E-state index in [1.165, 1.54) is 19.9 Å². The number of hydrogen-bond donors (Lipinski definition) is 1. The predicted octanol–water partition coefficient (Wildman–Crippen LogP) is 2.62. The maximum absolute atomic E-state index is 13.2. The Kier molecular flexibility index (Phi) is 8.28. The zero-order valence-corrected chi connectivity index (χ0v) is 22.4. The van der Waals surface area contributed by atoms with Gasteiger partial charge in [-0.25, -0.2) is 9.78 Å². The molecule has 0 spiro atoms. The lowest BCUT2D eigenvalue weighted by molar-refractivity contribution is -0.120. The van der Waals surface area contributed by atoms with Crippen molar-refractivity contribution in [1.29, 1.82) is 0 Å². The van der Waals surface area contributed by atoms with E-state index < -0.39 is 28.3 Å². The molecule has 4 rings (SSSR count). The normalized spacial score (nSPS) is 22.3. The number of benzene rings is 1. The van der Waals surface area contributed by atoms with Gasteiger partial charge in [0.1, 0.15) is 0 Å². The summed E-state index contributed by atoms with van der Waals surface area (Å²) in [6.45, 7) is 5.10. The molecule has 0 aliphatic carbocycles. The third-order valence-corrected chi connectivity index (χ3v) is 9.57. The Bertz CT molecular complexity index is 1170. The number of rotatable bonds is 10. The zero-order chi connectivity index (χ0) is 25.9. The molecule has 2 amide bonds. The van der Waals surface area contributed by atoms with Crippen LogP contribution >= 0.6 is 11.3 Å². The first kappa shape index (κ1) is 26.5. The number of anilines is 1. The molecule has 10 nitrogen and oxygen atoms in total. The average molecular weight is 536 g/mol. The minimum atomic E-state index is -3.64. The fourth-order valence-electron chi connectivity index (χ4n) is 4.87. The van der Waals surface area contributed by atoms with Crippen LogP contribution in [0.5, 0.6) is 0 Å². The Labute approximate surface area is 216 Å². The monoisotopic (exact) mass is 535 g/mol. The molecule has 196 valence electrons. The Morgan fingerprint density at radius 2 is 2.06 bits per heavy atom. The number of carbonyl (C=O) groups excluding carboxylic acids is 2. The van der Waals surface area contributed by atoms with Crippen molar-refractivity contribution in [3.63, 3.8) is 0 Å². The first-order chi connectivity index (χ1) is 17.2. The zero-order valence-electron chi connectivity index (χ0n) is 20.8. The minimum Gasteiger partial charge on any atom is -0.449 e. The molecule has 2 aliphatic heterocycles. The number of hydrogen-bond acceptors (Lipinski definition) is 7. The fraction of sp³-hybridized carbons (Fsp3) is 0.542. The van der Waals surface area contributed by atoms with Crippen molar-refractivity contribution in [3.8, 4) is 0 Å². The number of amides is 2. The molecule has 2 saturated heterocycles. The highest BCUT2D eigenvalue weighted by molar-refractivity contribution is 7.86. The summed E-state index contributed by atoms with van der Waals surface area (Å²) in [5.74, 6) is -0.563. The second-order valence-corrected chi connectivity index (χ2v) is 12.0. The number of aromatic nitrogens is 1. The van der Waals surface area contributed by atoms with Crippen molar-refractivity contribution in [2.45, 2.75) is 51.7 Å². The van der Waals surface area contributed by atoms with Gasteiger partial charge in [0.15, 0.2) is 5.13 Å². The van der Waals surface area contributed by atoms with E-state index in [2.05, 4.69) is 10.3 Å². The van der Waals surface area contributed by atoms with Gasteiger partial charge < -0.3 is 10.1 Å². The lowest BCUT2D eigenvalue weighted by Gasteiger charge is -2.29. The van der Waals surface area contributed by atoms with Gasteiger partial charge in [0.05, 0.1) is 30.3 Å². The number of carbonyl (C=O) groups is 2. The molecule has 1 N–H and O–H groups in total. The lowest BCUT2D eigenvalue weighted by atomic mass is 10.0. The number of nitrogens with one attached hydrogen (secondary N) is 1. The Balaban J connectivity index is 1.34. The van der Waals surface area contributed by atoms with Crippen molar-refractivity contribution in [2.75, 3.05) is 31.6 Å². The molecule has 2 aromatic rings. The quantitative estimate of drug-likeness (QED) is 0.501. The van der Waals surface area contributed by atoms with Crippen LogP contribution in [0, 0.1) is 5.92 Å². The Morgan fingerprint density at radius 1 is 1.31 bits per heavy atom. The van der Waals surface area contributed by atoms with Gasteiger partial charge in [-0.3, -0.25) is 9.69 Å².